The van der Waals surface area contributed by atoms with Crippen LogP contribution in [-0.4, -0.2) is 39.3 Å². The maximum atomic E-state index is 11.4. The van der Waals surface area contributed by atoms with Gasteiger partial charge in [0.2, 0.25) is 0 Å². The van der Waals surface area contributed by atoms with Crippen LogP contribution in [-0.2, 0) is 9.53 Å². The van der Waals surface area contributed by atoms with Gasteiger partial charge in [-0.2, -0.15) is 0 Å². The Bertz CT molecular complexity index is 254. The van der Waals surface area contributed by atoms with Crippen molar-refractivity contribution in [1.29, 1.82) is 0 Å². The molecule has 1 aliphatic heterocycles. The average Bonchev–Trinajstić information content (AvgIpc) is 1.97. The van der Waals surface area contributed by atoms with E-state index in [1.54, 1.807) is 0 Å². The first-order valence-corrected chi connectivity index (χ1v) is 13.0. The highest BCUT2D eigenvalue weighted by Crippen LogP contribution is 2.28. The van der Waals surface area contributed by atoms with Gasteiger partial charge in [-0.1, -0.05) is 39.3 Å². The van der Waals surface area contributed by atoms with Crippen molar-refractivity contribution in [2.24, 2.45) is 0 Å². The van der Waals surface area contributed by atoms with Gasteiger partial charge in [0.15, 0.2) is 0 Å². The fraction of sp³-hybridized carbons (Fsp3) is 0.909. The Morgan fingerprint density at radius 2 is 1.62 bits per heavy atom. The Morgan fingerprint density at radius 3 is 2.00 bits per heavy atom. The number of hydrogen-bond acceptors (Lipinski definition) is 3. The number of esters is 1. The highest BCUT2D eigenvalue weighted by atomic mass is 28.4. The van der Waals surface area contributed by atoms with E-state index in [1.807, 2.05) is 0 Å². The summed E-state index contributed by atoms with van der Waals surface area (Å²) in [7, 11) is -2.70. The summed E-state index contributed by atoms with van der Waals surface area (Å²) in [6.07, 6.45) is 1.61. The van der Waals surface area contributed by atoms with Gasteiger partial charge in [0, 0.05) is 6.04 Å². The van der Waals surface area contributed by atoms with E-state index in [1.165, 1.54) is 0 Å². The molecular formula is C11H25NO2Si2. The van der Waals surface area contributed by atoms with Crippen LogP contribution in [0.5, 0.6) is 0 Å². The summed E-state index contributed by atoms with van der Waals surface area (Å²) in [4.78, 5) is 11.4. The van der Waals surface area contributed by atoms with E-state index in [-0.39, 0.29) is 5.97 Å². The van der Waals surface area contributed by atoms with Gasteiger partial charge in [-0.25, -0.2) is 0 Å². The lowest BCUT2D eigenvalue weighted by Gasteiger charge is -2.49. The van der Waals surface area contributed by atoms with Gasteiger partial charge in [0.1, 0.15) is 16.5 Å². The molecule has 0 amide bonds. The zero-order valence-electron chi connectivity index (χ0n) is 11.5. The van der Waals surface area contributed by atoms with Crippen molar-refractivity contribution >= 4 is 22.4 Å². The van der Waals surface area contributed by atoms with Gasteiger partial charge in [-0.15, -0.1) is 0 Å². The van der Waals surface area contributed by atoms with Crippen LogP contribution in [0, 0.1) is 0 Å². The molecule has 1 fully saturated rings. The highest BCUT2D eigenvalue weighted by Gasteiger charge is 2.41. The molecule has 1 saturated heterocycles. The number of cyclic esters (lactones) is 1. The molecule has 94 valence electrons. The quantitative estimate of drug-likeness (QED) is 0.576. The summed E-state index contributed by atoms with van der Waals surface area (Å²) in [6.45, 7) is 14.9. The molecule has 1 rings (SSSR count). The van der Waals surface area contributed by atoms with Crippen LogP contribution in [0.2, 0.25) is 39.3 Å². The van der Waals surface area contributed by atoms with Gasteiger partial charge in [0.05, 0.1) is 13.0 Å². The molecule has 1 heterocycles. The number of hydrogen-bond donors (Lipinski definition) is 0. The lowest BCUT2D eigenvalue weighted by molar-refractivity contribution is -0.148. The second kappa shape index (κ2) is 4.62. The predicted molar refractivity (Wildman–Crippen MR) is 72.5 cm³/mol. The number of carbonyl (C=O) groups is 1. The first-order chi connectivity index (χ1) is 7.12. The summed E-state index contributed by atoms with van der Waals surface area (Å²) in [5.74, 6) is -0.0160. The Morgan fingerprint density at radius 1 is 1.12 bits per heavy atom. The minimum Gasteiger partial charge on any atom is -0.466 e. The fourth-order valence-electron chi connectivity index (χ4n) is 2.98. The van der Waals surface area contributed by atoms with Gasteiger partial charge < -0.3 is 8.97 Å². The van der Waals surface area contributed by atoms with E-state index in [4.69, 9.17) is 4.74 Å². The summed E-state index contributed by atoms with van der Waals surface area (Å²) in [5, 5.41) is 0. The zero-order chi connectivity index (χ0) is 12.6. The third-order valence-corrected chi connectivity index (χ3v) is 10.6. The largest absolute Gasteiger partial charge is 0.466 e. The van der Waals surface area contributed by atoms with Crippen LogP contribution in [0.15, 0.2) is 0 Å². The van der Waals surface area contributed by atoms with Crippen molar-refractivity contribution in [1.82, 2.24) is 4.23 Å². The summed E-state index contributed by atoms with van der Waals surface area (Å²) < 4.78 is 7.77. The summed E-state index contributed by atoms with van der Waals surface area (Å²) >= 11 is 0. The molecule has 5 heteroatoms. The maximum absolute atomic E-state index is 11.4. The van der Waals surface area contributed by atoms with E-state index in [0.717, 1.165) is 6.42 Å². The molecule has 0 aromatic heterocycles. The first kappa shape index (κ1) is 13.9. The van der Waals surface area contributed by atoms with Gasteiger partial charge in [0.25, 0.3) is 0 Å². The second-order valence-electron chi connectivity index (χ2n) is 6.58. The van der Waals surface area contributed by atoms with Crippen LogP contribution in [0.25, 0.3) is 0 Å². The van der Waals surface area contributed by atoms with Crippen molar-refractivity contribution in [3.8, 4) is 0 Å². The number of ether oxygens (including phenoxy) is 1. The summed E-state index contributed by atoms with van der Waals surface area (Å²) in [5.41, 5.74) is 0. The molecule has 3 nitrogen and oxygen atoms in total. The monoisotopic (exact) mass is 259 g/mol. The first-order valence-electron chi connectivity index (χ1n) is 6.07. The van der Waals surface area contributed by atoms with Crippen LogP contribution in [0.4, 0.5) is 0 Å². The molecule has 1 unspecified atom stereocenters. The fourth-order valence-corrected chi connectivity index (χ4v) is 13.7. The maximum Gasteiger partial charge on any atom is 0.307 e. The predicted octanol–water partition coefficient (Wildman–Crippen LogP) is 2.66. The minimum atomic E-state index is -1.35. The molecular weight excluding hydrogens is 234 g/mol. The zero-order valence-corrected chi connectivity index (χ0v) is 13.5. The lowest BCUT2D eigenvalue weighted by atomic mass is 10.1. The molecule has 1 aliphatic rings. The summed E-state index contributed by atoms with van der Waals surface area (Å²) in [6, 6.07) is 0.430. The topological polar surface area (TPSA) is 29.5 Å². The molecule has 16 heavy (non-hydrogen) atoms. The molecule has 0 aliphatic carbocycles. The normalized spacial score (nSPS) is 23.4. The van der Waals surface area contributed by atoms with Crippen LogP contribution in [0.3, 0.4) is 0 Å². The third kappa shape index (κ3) is 3.43. The van der Waals surface area contributed by atoms with E-state index in [0.29, 0.717) is 19.1 Å². The van der Waals surface area contributed by atoms with Gasteiger partial charge >= 0.3 is 5.97 Å². The standard InChI is InChI=1S/C11H25NO2Si2/c1-15(2,3)12(16(4,5)6)10-7-8-14-11(13)9-10/h10H,7-9H2,1-6H3. The number of carbonyl (C=O) groups excluding carboxylic acids is 1. The molecule has 1 atom stereocenters. The third-order valence-electron chi connectivity index (χ3n) is 2.93. The van der Waals surface area contributed by atoms with Crippen molar-refractivity contribution < 1.29 is 9.53 Å². The molecule has 0 aromatic rings. The van der Waals surface area contributed by atoms with Crippen LogP contribution in [0.1, 0.15) is 12.8 Å². The Hall–Kier alpha value is -0.136. The van der Waals surface area contributed by atoms with E-state index >= 15 is 0 Å². The lowest BCUT2D eigenvalue weighted by Crippen LogP contribution is -2.64. The molecule has 0 N–H and O–H groups in total. The van der Waals surface area contributed by atoms with Crippen LogP contribution < -0.4 is 0 Å². The van der Waals surface area contributed by atoms with Crippen LogP contribution >= 0.6 is 0 Å². The van der Waals surface area contributed by atoms with Gasteiger partial charge in [-0.3, -0.25) is 4.79 Å². The smallest absolute Gasteiger partial charge is 0.307 e. The molecule has 0 radical (unpaired) electrons. The van der Waals surface area contributed by atoms with E-state index in [2.05, 4.69) is 43.5 Å². The Kier molecular flexibility index (Phi) is 4.02. The number of rotatable bonds is 3. The van der Waals surface area contributed by atoms with Crippen molar-refractivity contribution in [2.45, 2.75) is 58.2 Å². The molecule has 0 spiro atoms. The van der Waals surface area contributed by atoms with Crippen molar-refractivity contribution in [2.75, 3.05) is 6.61 Å². The molecule has 0 saturated carbocycles. The highest BCUT2D eigenvalue weighted by molar-refractivity contribution is 6.89. The van der Waals surface area contributed by atoms with Crippen molar-refractivity contribution in [3.05, 3.63) is 0 Å². The van der Waals surface area contributed by atoms with E-state index < -0.39 is 16.5 Å². The van der Waals surface area contributed by atoms with E-state index in [9.17, 15) is 4.79 Å². The molecule has 0 aromatic carbocycles. The number of nitrogens with zero attached hydrogens (tertiary/aromatic N) is 1. The van der Waals surface area contributed by atoms with Gasteiger partial charge in [-0.05, 0) is 6.42 Å². The van der Waals surface area contributed by atoms with Crippen molar-refractivity contribution in [3.63, 3.8) is 0 Å². The SMILES string of the molecule is C[Si](C)(C)N(C1CCOC(=O)C1)[Si](C)(C)C. The minimum absolute atomic E-state index is 0.0160. The Labute approximate surface area is 101 Å². The average molecular weight is 259 g/mol. The second-order valence-corrected chi connectivity index (χ2v) is 16.7. The molecule has 0 bridgehead atoms. The Balaban J connectivity index is 2.89.